The number of carbonyl (C=O) groups excluding carboxylic acids is 1. The number of allylic oxidation sites excluding steroid dienone is 1. The fourth-order valence-corrected chi connectivity index (χ4v) is 2.78. The lowest BCUT2D eigenvalue weighted by Crippen LogP contribution is -2.39. The lowest BCUT2D eigenvalue weighted by molar-refractivity contribution is -0.127. The van der Waals surface area contributed by atoms with E-state index in [2.05, 4.69) is 20.1 Å². The second-order valence-electron chi connectivity index (χ2n) is 5.60. The van der Waals surface area contributed by atoms with Crippen molar-refractivity contribution in [2.75, 3.05) is 13.1 Å². The van der Waals surface area contributed by atoms with Gasteiger partial charge >= 0.3 is 0 Å². The summed E-state index contributed by atoms with van der Waals surface area (Å²) in [5.74, 6) is 1.44. The normalized spacial score (nSPS) is 18.5. The molecule has 1 saturated heterocycles. The third-order valence-corrected chi connectivity index (χ3v) is 3.86. The topological polar surface area (TPSA) is 85.0 Å². The predicted octanol–water partition coefficient (Wildman–Crippen LogP) is 1.88. The van der Waals surface area contributed by atoms with Crippen molar-refractivity contribution in [2.24, 2.45) is 5.92 Å². The lowest BCUT2D eigenvalue weighted by atomic mass is 9.94. The molecule has 2 aromatic heterocycles. The van der Waals surface area contributed by atoms with Crippen LogP contribution in [0.3, 0.4) is 0 Å². The van der Waals surface area contributed by atoms with Gasteiger partial charge in [0.05, 0.1) is 6.20 Å². The summed E-state index contributed by atoms with van der Waals surface area (Å²) in [6.45, 7) is 3.40. The van der Waals surface area contributed by atoms with Crippen molar-refractivity contribution >= 4 is 5.91 Å². The Bertz CT molecular complexity index is 683. The van der Waals surface area contributed by atoms with Crippen LogP contribution in [-0.2, 0) is 11.2 Å². The van der Waals surface area contributed by atoms with E-state index in [0.717, 1.165) is 25.9 Å². The molecule has 0 saturated carbocycles. The van der Waals surface area contributed by atoms with E-state index in [1.54, 1.807) is 30.7 Å². The van der Waals surface area contributed by atoms with Gasteiger partial charge in [0, 0.05) is 31.9 Å². The Labute approximate surface area is 134 Å². The van der Waals surface area contributed by atoms with Crippen molar-refractivity contribution in [2.45, 2.75) is 26.2 Å². The maximum atomic E-state index is 12.0. The number of rotatable bonds is 4. The quantitative estimate of drug-likeness (QED) is 0.801. The van der Waals surface area contributed by atoms with Crippen LogP contribution in [0, 0.1) is 5.92 Å². The molecule has 0 radical (unpaired) electrons. The van der Waals surface area contributed by atoms with Crippen LogP contribution in [0.2, 0.25) is 0 Å². The molecule has 120 valence electrons. The monoisotopic (exact) mass is 313 g/mol. The minimum Gasteiger partial charge on any atom is -0.339 e. The van der Waals surface area contributed by atoms with Crippen LogP contribution in [0.25, 0.3) is 11.5 Å². The van der Waals surface area contributed by atoms with Crippen molar-refractivity contribution in [3.05, 3.63) is 36.6 Å². The minimum absolute atomic E-state index is 0.0722. The van der Waals surface area contributed by atoms with Gasteiger partial charge in [-0.3, -0.25) is 9.78 Å². The zero-order chi connectivity index (χ0) is 16.1. The van der Waals surface area contributed by atoms with Crippen LogP contribution >= 0.6 is 0 Å². The number of likely N-dealkylation sites (tertiary alicyclic amines) is 1. The van der Waals surface area contributed by atoms with Crippen LogP contribution in [0.1, 0.15) is 25.7 Å². The van der Waals surface area contributed by atoms with E-state index < -0.39 is 0 Å². The first-order valence-corrected chi connectivity index (χ1v) is 7.77. The molecular formula is C16H19N5O2. The third kappa shape index (κ3) is 3.80. The largest absolute Gasteiger partial charge is 0.339 e. The first-order chi connectivity index (χ1) is 11.3. The van der Waals surface area contributed by atoms with E-state index >= 15 is 0 Å². The standard InChI is InChI=1S/C16H19N5O2/c1-2-4-15(22)21-8-3-5-12(11-21)9-14-19-16(20-23-14)13-10-17-6-7-18-13/h2,4,6-7,10,12H,3,5,8-9,11H2,1H3/b4-2-. The fourth-order valence-electron chi connectivity index (χ4n) is 2.78. The molecule has 1 fully saturated rings. The van der Waals surface area contributed by atoms with Crippen molar-refractivity contribution in [3.63, 3.8) is 0 Å². The van der Waals surface area contributed by atoms with Crippen LogP contribution in [0.4, 0.5) is 0 Å². The zero-order valence-electron chi connectivity index (χ0n) is 13.1. The minimum atomic E-state index is 0.0722. The molecule has 7 heteroatoms. The van der Waals surface area contributed by atoms with E-state index in [9.17, 15) is 4.79 Å². The van der Waals surface area contributed by atoms with Gasteiger partial charge in [0.1, 0.15) is 5.69 Å². The van der Waals surface area contributed by atoms with Crippen LogP contribution in [0.5, 0.6) is 0 Å². The van der Waals surface area contributed by atoms with E-state index in [1.165, 1.54) is 0 Å². The molecule has 0 N–H and O–H groups in total. The molecule has 1 atom stereocenters. The van der Waals surface area contributed by atoms with Crippen molar-refractivity contribution in [3.8, 4) is 11.5 Å². The number of piperidine rings is 1. The first kappa shape index (κ1) is 15.3. The summed E-state index contributed by atoms with van der Waals surface area (Å²) < 4.78 is 5.32. The lowest BCUT2D eigenvalue weighted by Gasteiger charge is -2.31. The average Bonchev–Trinajstić information content (AvgIpc) is 3.05. The molecule has 23 heavy (non-hydrogen) atoms. The Kier molecular flexibility index (Phi) is 4.75. The molecule has 7 nitrogen and oxygen atoms in total. The molecule has 0 aliphatic carbocycles. The van der Waals surface area contributed by atoms with Gasteiger partial charge in [0.25, 0.3) is 0 Å². The molecule has 0 spiro atoms. The number of nitrogens with zero attached hydrogens (tertiary/aromatic N) is 5. The maximum Gasteiger partial charge on any atom is 0.246 e. The van der Waals surface area contributed by atoms with Crippen molar-refractivity contribution in [1.29, 1.82) is 0 Å². The van der Waals surface area contributed by atoms with Crippen LogP contribution in [-0.4, -0.2) is 44.0 Å². The predicted molar refractivity (Wildman–Crippen MR) is 83.1 cm³/mol. The smallest absolute Gasteiger partial charge is 0.246 e. The highest BCUT2D eigenvalue weighted by atomic mass is 16.5. The molecule has 1 unspecified atom stereocenters. The zero-order valence-corrected chi connectivity index (χ0v) is 13.1. The number of aromatic nitrogens is 4. The van der Waals surface area contributed by atoms with E-state index in [4.69, 9.17) is 4.52 Å². The van der Waals surface area contributed by atoms with Crippen LogP contribution in [0.15, 0.2) is 35.3 Å². The SMILES string of the molecule is C/C=C\C(=O)N1CCCC(Cc2nc(-c3cnccn3)no2)C1. The Morgan fingerprint density at radius 1 is 1.48 bits per heavy atom. The second kappa shape index (κ2) is 7.13. The molecule has 0 bridgehead atoms. The molecule has 0 aromatic carbocycles. The highest BCUT2D eigenvalue weighted by Gasteiger charge is 2.24. The molecule has 3 heterocycles. The van der Waals surface area contributed by atoms with Gasteiger partial charge in [-0.2, -0.15) is 4.98 Å². The van der Waals surface area contributed by atoms with Crippen molar-refractivity contribution < 1.29 is 9.32 Å². The van der Waals surface area contributed by atoms with Gasteiger partial charge in [0.2, 0.25) is 17.6 Å². The Morgan fingerprint density at radius 3 is 3.17 bits per heavy atom. The molecule has 3 rings (SSSR count). The van der Waals surface area contributed by atoms with E-state index in [0.29, 0.717) is 29.7 Å². The van der Waals surface area contributed by atoms with Crippen LogP contribution < -0.4 is 0 Å². The summed E-state index contributed by atoms with van der Waals surface area (Å²) in [5.41, 5.74) is 0.594. The summed E-state index contributed by atoms with van der Waals surface area (Å²) in [6, 6.07) is 0. The Hall–Kier alpha value is -2.57. The summed E-state index contributed by atoms with van der Waals surface area (Å²) in [7, 11) is 0. The van der Waals surface area contributed by atoms with Crippen molar-refractivity contribution in [1.82, 2.24) is 25.0 Å². The summed E-state index contributed by atoms with van der Waals surface area (Å²) >= 11 is 0. The highest BCUT2D eigenvalue weighted by molar-refractivity contribution is 5.87. The van der Waals surface area contributed by atoms with Gasteiger partial charge in [-0.15, -0.1) is 0 Å². The maximum absolute atomic E-state index is 12.0. The van der Waals surface area contributed by atoms with Gasteiger partial charge in [-0.25, -0.2) is 4.98 Å². The Balaban J connectivity index is 1.63. The number of hydrogen-bond acceptors (Lipinski definition) is 6. The van der Waals surface area contributed by atoms with Gasteiger partial charge in [0.15, 0.2) is 0 Å². The van der Waals surface area contributed by atoms with E-state index in [1.807, 2.05) is 11.8 Å². The number of carbonyl (C=O) groups is 1. The molecule has 1 aliphatic heterocycles. The average molecular weight is 313 g/mol. The highest BCUT2D eigenvalue weighted by Crippen LogP contribution is 2.21. The molecular weight excluding hydrogens is 294 g/mol. The number of hydrogen-bond donors (Lipinski definition) is 0. The summed E-state index contributed by atoms with van der Waals surface area (Å²) in [6.07, 6.45) is 10.9. The first-order valence-electron chi connectivity index (χ1n) is 7.77. The van der Waals surface area contributed by atoms with Gasteiger partial charge in [-0.05, 0) is 31.8 Å². The molecule has 1 aliphatic rings. The van der Waals surface area contributed by atoms with Gasteiger partial charge < -0.3 is 9.42 Å². The van der Waals surface area contributed by atoms with Gasteiger partial charge in [-0.1, -0.05) is 11.2 Å². The summed E-state index contributed by atoms with van der Waals surface area (Å²) in [5, 5.41) is 3.96. The molecule has 1 amide bonds. The molecule has 2 aromatic rings. The second-order valence-corrected chi connectivity index (χ2v) is 5.60. The fraction of sp³-hybridized carbons (Fsp3) is 0.438. The Morgan fingerprint density at radius 2 is 2.39 bits per heavy atom. The third-order valence-electron chi connectivity index (χ3n) is 3.86. The van der Waals surface area contributed by atoms with E-state index in [-0.39, 0.29) is 5.91 Å². The number of amides is 1. The summed E-state index contributed by atoms with van der Waals surface area (Å²) in [4.78, 5) is 26.4.